The lowest BCUT2D eigenvalue weighted by Crippen LogP contribution is -2.21. The van der Waals surface area contributed by atoms with Crippen molar-refractivity contribution in [1.29, 1.82) is 0 Å². The Kier molecular flexibility index (Phi) is 4.87. The first-order valence-corrected chi connectivity index (χ1v) is 5.49. The van der Waals surface area contributed by atoms with Crippen LogP contribution in [-0.4, -0.2) is 33.2 Å². The summed E-state index contributed by atoms with van der Waals surface area (Å²) in [7, 11) is 6.99. The van der Waals surface area contributed by atoms with Crippen LogP contribution >= 0.6 is 23.2 Å². The maximum atomic E-state index is 6.18. The summed E-state index contributed by atoms with van der Waals surface area (Å²) in [5, 5.41) is 0.868. The molecule has 0 saturated carbocycles. The Labute approximate surface area is 106 Å². The van der Waals surface area contributed by atoms with Crippen molar-refractivity contribution < 1.29 is 9.47 Å². The van der Waals surface area contributed by atoms with Crippen molar-refractivity contribution in [3.8, 4) is 5.75 Å². The summed E-state index contributed by atoms with van der Waals surface area (Å²) in [5.74, 6) is 0.559. The predicted molar refractivity (Wildman–Crippen MR) is 66.5 cm³/mol. The molecule has 1 atom stereocenters. The molecule has 0 N–H and O–H groups in total. The van der Waals surface area contributed by atoms with Gasteiger partial charge in [0.15, 0.2) is 0 Å². The highest BCUT2D eigenvalue weighted by molar-refractivity contribution is 6.43. The Hall–Kier alpha value is -0.480. The van der Waals surface area contributed by atoms with Gasteiger partial charge in [-0.1, -0.05) is 23.2 Å². The molecule has 16 heavy (non-hydrogen) atoms. The van der Waals surface area contributed by atoms with Gasteiger partial charge in [-0.15, -0.1) is 0 Å². The second kappa shape index (κ2) is 5.73. The fraction of sp³-hybridized carbons (Fsp3) is 0.455. The number of hydrogen-bond acceptors (Lipinski definition) is 3. The summed E-state index contributed by atoms with van der Waals surface area (Å²) < 4.78 is 10.4. The van der Waals surface area contributed by atoms with E-state index in [0.717, 1.165) is 5.56 Å². The molecule has 0 aliphatic carbocycles. The molecule has 0 spiro atoms. The molecule has 5 heteroatoms. The molecule has 0 bridgehead atoms. The maximum absolute atomic E-state index is 6.18. The van der Waals surface area contributed by atoms with Crippen molar-refractivity contribution in [2.45, 2.75) is 6.23 Å². The molecule has 0 aromatic heterocycles. The first-order chi connectivity index (χ1) is 7.52. The number of ether oxygens (including phenoxy) is 2. The minimum Gasteiger partial charge on any atom is -0.495 e. The van der Waals surface area contributed by atoms with E-state index in [-0.39, 0.29) is 6.23 Å². The summed E-state index contributed by atoms with van der Waals surface area (Å²) in [6.45, 7) is 0. The summed E-state index contributed by atoms with van der Waals surface area (Å²) in [5.41, 5.74) is 0.819. The number of methoxy groups -OCH3 is 2. The van der Waals surface area contributed by atoms with Crippen LogP contribution in [0.5, 0.6) is 5.75 Å². The summed E-state index contributed by atoms with van der Waals surface area (Å²) in [6, 6.07) is 3.63. The average Bonchev–Trinajstić information content (AvgIpc) is 2.25. The average molecular weight is 264 g/mol. The smallest absolute Gasteiger partial charge is 0.139 e. The Morgan fingerprint density at radius 3 is 2.19 bits per heavy atom. The van der Waals surface area contributed by atoms with Gasteiger partial charge in [0.05, 0.1) is 12.1 Å². The Morgan fingerprint density at radius 2 is 1.75 bits per heavy atom. The molecule has 0 aliphatic heterocycles. The van der Waals surface area contributed by atoms with E-state index in [0.29, 0.717) is 15.8 Å². The van der Waals surface area contributed by atoms with Gasteiger partial charge in [-0.3, -0.25) is 4.90 Å². The van der Waals surface area contributed by atoms with E-state index in [1.165, 1.54) is 0 Å². The number of hydrogen-bond donors (Lipinski definition) is 0. The highest BCUT2D eigenvalue weighted by atomic mass is 35.5. The van der Waals surface area contributed by atoms with Crippen LogP contribution in [-0.2, 0) is 4.74 Å². The van der Waals surface area contributed by atoms with Crippen LogP contribution in [0.25, 0.3) is 0 Å². The first kappa shape index (κ1) is 13.6. The normalized spacial score (nSPS) is 12.9. The first-order valence-electron chi connectivity index (χ1n) is 4.74. The molecule has 0 aliphatic rings. The molecule has 0 amide bonds. The summed E-state index contributed by atoms with van der Waals surface area (Å²) >= 11 is 12.2. The van der Waals surface area contributed by atoms with Crippen molar-refractivity contribution in [3.05, 3.63) is 27.7 Å². The van der Waals surface area contributed by atoms with Gasteiger partial charge in [-0.05, 0) is 26.2 Å². The summed E-state index contributed by atoms with van der Waals surface area (Å²) in [6.07, 6.45) is -0.226. The summed E-state index contributed by atoms with van der Waals surface area (Å²) in [4.78, 5) is 1.91. The van der Waals surface area contributed by atoms with Crippen molar-refractivity contribution >= 4 is 23.2 Å². The van der Waals surface area contributed by atoms with E-state index in [2.05, 4.69) is 0 Å². The number of halogens is 2. The third-order valence-electron chi connectivity index (χ3n) is 2.25. The van der Waals surface area contributed by atoms with Gasteiger partial charge in [-0.25, -0.2) is 0 Å². The third-order valence-corrected chi connectivity index (χ3v) is 3.13. The lowest BCUT2D eigenvalue weighted by atomic mass is 10.1. The van der Waals surface area contributed by atoms with E-state index >= 15 is 0 Å². The van der Waals surface area contributed by atoms with Gasteiger partial charge in [0.2, 0.25) is 0 Å². The van der Waals surface area contributed by atoms with E-state index in [1.807, 2.05) is 25.1 Å². The van der Waals surface area contributed by atoms with E-state index in [9.17, 15) is 0 Å². The lowest BCUT2D eigenvalue weighted by Gasteiger charge is -2.24. The van der Waals surface area contributed by atoms with Crippen molar-refractivity contribution in [2.75, 3.05) is 28.3 Å². The molecule has 3 nitrogen and oxygen atoms in total. The predicted octanol–water partition coefficient (Wildman–Crippen LogP) is 3.21. The third kappa shape index (κ3) is 2.61. The number of rotatable bonds is 4. The van der Waals surface area contributed by atoms with Gasteiger partial charge in [-0.2, -0.15) is 0 Å². The zero-order chi connectivity index (χ0) is 12.3. The Morgan fingerprint density at radius 1 is 1.12 bits per heavy atom. The van der Waals surface area contributed by atoms with Gasteiger partial charge in [0.1, 0.15) is 17.0 Å². The molecule has 0 heterocycles. The van der Waals surface area contributed by atoms with Gasteiger partial charge in [0, 0.05) is 12.7 Å². The topological polar surface area (TPSA) is 21.7 Å². The van der Waals surface area contributed by atoms with Crippen LogP contribution in [0.15, 0.2) is 12.1 Å². The van der Waals surface area contributed by atoms with Crippen LogP contribution < -0.4 is 4.74 Å². The molecule has 1 aromatic carbocycles. The van der Waals surface area contributed by atoms with Gasteiger partial charge >= 0.3 is 0 Å². The fourth-order valence-electron chi connectivity index (χ4n) is 1.51. The maximum Gasteiger partial charge on any atom is 0.139 e. The molecule has 0 fully saturated rings. The van der Waals surface area contributed by atoms with Gasteiger partial charge in [0.25, 0.3) is 0 Å². The monoisotopic (exact) mass is 263 g/mol. The lowest BCUT2D eigenvalue weighted by molar-refractivity contribution is -0.00534. The second-order valence-electron chi connectivity index (χ2n) is 3.54. The number of benzene rings is 1. The standard InChI is InChI=1S/C11H15Cl2NO2/c1-14(2)11(16-4)7-5-6-8(15-3)10(13)9(7)12/h5-6,11H,1-4H3. The molecule has 1 rings (SSSR count). The van der Waals surface area contributed by atoms with Gasteiger partial charge < -0.3 is 9.47 Å². The zero-order valence-electron chi connectivity index (χ0n) is 9.75. The van der Waals surface area contributed by atoms with Crippen molar-refractivity contribution in [2.24, 2.45) is 0 Å². The van der Waals surface area contributed by atoms with Crippen LogP contribution in [0, 0.1) is 0 Å². The Bertz CT molecular complexity index is 369. The van der Waals surface area contributed by atoms with Crippen LogP contribution in [0.3, 0.4) is 0 Å². The second-order valence-corrected chi connectivity index (χ2v) is 4.29. The minimum atomic E-state index is -0.226. The molecular formula is C11H15Cl2NO2. The fourth-order valence-corrected chi connectivity index (χ4v) is 2.01. The van der Waals surface area contributed by atoms with Crippen LogP contribution in [0.1, 0.15) is 11.8 Å². The molecule has 0 saturated heterocycles. The SMILES string of the molecule is COc1ccc(C(OC)N(C)C)c(Cl)c1Cl. The minimum absolute atomic E-state index is 0.226. The highest BCUT2D eigenvalue weighted by Gasteiger charge is 2.19. The molecule has 1 unspecified atom stereocenters. The molecule has 1 aromatic rings. The molecule has 90 valence electrons. The highest BCUT2D eigenvalue weighted by Crippen LogP contribution is 2.38. The Balaban J connectivity index is 3.20. The van der Waals surface area contributed by atoms with Crippen LogP contribution in [0.4, 0.5) is 0 Å². The quantitative estimate of drug-likeness (QED) is 0.779. The van der Waals surface area contributed by atoms with Crippen LogP contribution in [0.2, 0.25) is 10.0 Å². The van der Waals surface area contributed by atoms with Crippen molar-refractivity contribution in [1.82, 2.24) is 4.90 Å². The zero-order valence-corrected chi connectivity index (χ0v) is 11.3. The van der Waals surface area contributed by atoms with E-state index in [4.69, 9.17) is 32.7 Å². The van der Waals surface area contributed by atoms with E-state index in [1.54, 1.807) is 20.3 Å². The number of nitrogens with zero attached hydrogens (tertiary/aromatic N) is 1. The van der Waals surface area contributed by atoms with Crippen molar-refractivity contribution in [3.63, 3.8) is 0 Å². The molecule has 0 radical (unpaired) electrons. The largest absolute Gasteiger partial charge is 0.495 e. The van der Waals surface area contributed by atoms with E-state index < -0.39 is 0 Å². The molecular weight excluding hydrogens is 249 g/mol.